The highest BCUT2D eigenvalue weighted by atomic mass is 32.2. The fourth-order valence-electron chi connectivity index (χ4n) is 1.57. The highest BCUT2D eigenvalue weighted by molar-refractivity contribution is 7.99. The van der Waals surface area contributed by atoms with E-state index in [9.17, 15) is 0 Å². The molecular formula is C11H21NS. The predicted octanol–water partition coefficient (Wildman–Crippen LogP) is 2.68. The molecule has 0 spiro atoms. The highest BCUT2D eigenvalue weighted by Crippen LogP contribution is 2.33. The number of nitrogens with one attached hydrogen (secondary N) is 1. The monoisotopic (exact) mass is 199 g/mol. The molecule has 2 heteroatoms. The van der Waals surface area contributed by atoms with Gasteiger partial charge in [-0.25, -0.2) is 0 Å². The topological polar surface area (TPSA) is 12.0 Å². The number of hydrogen-bond acceptors (Lipinski definition) is 2. The molecule has 0 aromatic carbocycles. The van der Waals surface area contributed by atoms with E-state index in [0.29, 0.717) is 11.5 Å². The largest absolute Gasteiger partial charge is 0.309 e. The van der Waals surface area contributed by atoms with Crippen LogP contribution >= 0.6 is 11.8 Å². The maximum absolute atomic E-state index is 3.92. The minimum atomic E-state index is 0.459. The van der Waals surface area contributed by atoms with E-state index in [1.807, 2.05) is 0 Å². The summed E-state index contributed by atoms with van der Waals surface area (Å²) in [4.78, 5) is 0. The first-order valence-corrected chi connectivity index (χ1v) is 6.13. The molecule has 1 N–H and O–H groups in total. The normalized spacial score (nSPS) is 27.2. The Morgan fingerprint density at radius 2 is 2.31 bits per heavy atom. The van der Waals surface area contributed by atoms with Gasteiger partial charge in [-0.15, -0.1) is 0 Å². The van der Waals surface area contributed by atoms with E-state index < -0.39 is 0 Å². The molecule has 1 nitrogen and oxygen atoms in total. The van der Waals surface area contributed by atoms with Crippen LogP contribution in [0.1, 0.15) is 27.2 Å². The molecule has 0 amide bonds. The summed E-state index contributed by atoms with van der Waals surface area (Å²) in [6.45, 7) is 11.7. The van der Waals surface area contributed by atoms with Gasteiger partial charge in [0.1, 0.15) is 0 Å². The Balaban J connectivity index is 2.41. The van der Waals surface area contributed by atoms with Crippen LogP contribution in [0.5, 0.6) is 0 Å². The Labute approximate surface area is 86.4 Å². The third-order valence-electron chi connectivity index (χ3n) is 2.77. The van der Waals surface area contributed by atoms with Gasteiger partial charge in [0.15, 0.2) is 0 Å². The molecular weight excluding hydrogens is 178 g/mol. The second-order valence-corrected chi connectivity index (χ2v) is 5.85. The predicted molar refractivity (Wildman–Crippen MR) is 62.3 cm³/mol. The smallest absolute Gasteiger partial charge is 0.0212 e. The van der Waals surface area contributed by atoms with Gasteiger partial charge >= 0.3 is 0 Å². The third kappa shape index (κ3) is 3.35. The molecule has 0 saturated carbocycles. The van der Waals surface area contributed by atoms with Crippen LogP contribution < -0.4 is 5.32 Å². The van der Waals surface area contributed by atoms with E-state index in [4.69, 9.17) is 0 Å². The van der Waals surface area contributed by atoms with Gasteiger partial charge in [-0.2, -0.15) is 11.8 Å². The fourth-order valence-corrected chi connectivity index (χ4v) is 3.21. The molecule has 13 heavy (non-hydrogen) atoms. The molecule has 1 heterocycles. The Morgan fingerprint density at radius 1 is 1.62 bits per heavy atom. The minimum Gasteiger partial charge on any atom is -0.309 e. The van der Waals surface area contributed by atoms with Gasteiger partial charge in [0, 0.05) is 18.3 Å². The zero-order chi connectivity index (χ0) is 9.90. The van der Waals surface area contributed by atoms with E-state index in [-0.39, 0.29) is 0 Å². The minimum absolute atomic E-state index is 0.459. The molecule has 1 fully saturated rings. The van der Waals surface area contributed by atoms with Gasteiger partial charge < -0.3 is 5.32 Å². The molecule has 1 aliphatic heterocycles. The SMILES string of the molecule is C=C(C)CNC1CSCCC1(C)C. The maximum Gasteiger partial charge on any atom is 0.0212 e. The lowest BCUT2D eigenvalue weighted by atomic mass is 9.82. The van der Waals surface area contributed by atoms with Crippen LogP contribution in [0.25, 0.3) is 0 Å². The Morgan fingerprint density at radius 3 is 2.85 bits per heavy atom. The van der Waals surface area contributed by atoms with E-state index in [0.717, 1.165) is 6.54 Å². The number of thioether (sulfide) groups is 1. The number of rotatable bonds is 3. The fraction of sp³-hybridized carbons (Fsp3) is 0.818. The highest BCUT2D eigenvalue weighted by Gasteiger charge is 2.31. The van der Waals surface area contributed by atoms with Crippen LogP contribution in [-0.4, -0.2) is 24.1 Å². The first kappa shape index (κ1) is 11.1. The molecule has 1 unspecified atom stereocenters. The van der Waals surface area contributed by atoms with Crippen LogP contribution in [0.2, 0.25) is 0 Å². The van der Waals surface area contributed by atoms with Crippen molar-refractivity contribution in [1.82, 2.24) is 5.32 Å². The van der Waals surface area contributed by atoms with Crippen LogP contribution in [0.3, 0.4) is 0 Å². The summed E-state index contributed by atoms with van der Waals surface area (Å²) in [6, 6.07) is 0.656. The zero-order valence-electron chi connectivity index (χ0n) is 9.02. The van der Waals surface area contributed by atoms with Crippen molar-refractivity contribution < 1.29 is 0 Å². The van der Waals surface area contributed by atoms with E-state index in [1.54, 1.807) is 0 Å². The number of hydrogen-bond donors (Lipinski definition) is 1. The van der Waals surface area contributed by atoms with Crippen molar-refractivity contribution in [3.8, 4) is 0 Å². The summed E-state index contributed by atoms with van der Waals surface area (Å²) in [5.41, 5.74) is 1.69. The summed E-state index contributed by atoms with van der Waals surface area (Å²) in [5, 5.41) is 3.59. The van der Waals surface area contributed by atoms with Crippen molar-refractivity contribution >= 4 is 11.8 Å². The Hall–Kier alpha value is 0.0500. The molecule has 76 valence electrons. The second-order valence-electron chi connectivity index (χ2n) is 4.70. The van der Waals surface area contributed by atoms with Crippen LogP contribution in [0.4, 0.5) is 0 Å². The lowest BCUT2D eigenvalue weighted by molar-refractivity contribution is 0.251. The Bertz CT molecular complexity index is 187. The summed E-state index contributed by atoms with van der Waals surface area (Å²) in [5.74, 6) is 2.57. The molecule has 0 radical (unpaired) electrons. The van der Waals surface area contributed by atoms with Gasteiger partial charge in [-0.1, -0.05) is 26.0 Å². The molecule has 0 aromatic heterocycles. The van der Waals surface area contributed by atoms with Gasteiger partial charge in [0.2, 0.25) is 0 Å². The van der Waals surface area contributed by atoms with Gasteiger partial charge in [0.25, 0.3) is 0 Å². The molecule has 1 rings (SSSR count). The zero-order valence-corrected chi connectivity index (χ0v) is 9.84. The van der Waals surface area contributed by atoms with Crippen molar-refractivity contribution in [3.05, 3.63) is 12.2 Å². The molecule has 1 aliphatic rings. The third-order valence-corrected chi connectivity index (χ3v) is 3.83. The quantitative estimate of drug-likeness (QED) is 0.701. The first-order chi connectivity index (χ1) is 6.02. The molecule has 0 aromatic rings. The Kier molecular flexibility index (Phi) is 3.87. The maximum atomic E-state index is 3.92. The lowest BCUT2D eigenvalue weighted by Crippen LogP contribution is -2.47. The van der Waals surface area contributed by atoms with Gasteiger partial charge in [-0.05, 0) is 24.5 Å². The van der Waals surface area contributed by atoms with Crippen molar-refractivity contribution in [2.45, 2.75) is 33.2 Å². The molecule has 1 saturated heterocycles. The lowest BCUT2D eigenvalue weighted by Gasteiger charge is -2.39. The first-order valence-electron chi connectivity index (χ1n) is 4.98. The molecule has 0 aliphatic carbocycles. The van der Waals surface area contributed by atoms with Crippen LogP contribution in [0, 0.1) is 5.41 Å². The van der Waals surface area contributed by atoms with Crippen molar-refractivity contribution in [1.29, 1.82) is 0 Å². The van der Waals surface area contributed by atoms with E-state index >= 15 is 0 Å². The average molecular weight is 199 g/mol. The van der Waals surface area contributed by atoms with E-state index in [2.05, 4.69) is 44.4 Å². The summed E-state index contributed by atoms with van der Waals surface area (Å²) in [6.07, 6.45) is 1.32. The second kappa shape index (κ2) is 4.52. The van der Waals surface area contributed by atoms with Crippen molar-refractivity contribution in [3.63, 3.8) is 0 Å². The summed E-state index contributed by atoms with van der Waals surface area (Å²) in [7, 11) is 0. The van der Waals surface area contributed by atoms with Crippen molar-refractivity contribution in [2.24, 2.45) is 5.41 Å². The van der Waals surface area contributed by atoms with Crippen LogP contribution in [-0.2, 0) is 0 Å². The van der Waals surface area contributed by atoms with Gasteiger partial charge in [0.05, 0.1) is 0 Å². The van der Waals surface area contributed by atoms with E-state index in [1.165, 1.54) is 23.5 Å². The molecule has 1 atom stereocenters. The average Bonchev–Trinajstić information content (AvgIpc) is 2.01. The van der Waals surface area contributed by atoms with Crippen LogP contribution in [0.15, 0.2) is 12.2 Å². The summed E-state index contributed by atoms with van der Waals surface area (Å²) >= 11 is 2.06. The standard InChI is InChI=1S/C11H21NS/c1-9(2)7-12-10-8-13-6-5-11(10,3)4/h10,12H,1,5-8H2,2-4H3. The molecule has 0 bridgehead atoms. The summed E-state index contributed by atoms with van der Waals surface area (Å²) < 4.78 is 0. The van der Waals surface area contributed by atoms with Crippen molar-refractivity contribution in [2.75, 3.05) is 18.1 Å². The van der Waals surface area contributed by atoms with Gasteiger partial charge in [-0.3, -0.25) is 0 Å².